The number of nitrogens with two attached hydrogens (primary N) is 1. The van der Waals surface area contributed by atoms with E-state index >= 15 is 0 Å². The Morgan fingerprint density at radius 2 is 2.38 bits per heavy atom. The second kappa shape index (κ2) is 3.43. The summed E-state index contributed by atoms with van der Waals surface area (Å²) >= 11 is 0. The Labute approximate surface area is 93.8 Å². The maximum absolute atomic E-state index is 13.1. The molecule has 16 heavy (non-hydrogen) atoms. The van der Waals surface area contributed by atoms with Crippen LogP contribution in [-0.2, 0) is 0 Å². The first-order chi connectivity index (χ1) is 7.69. The van der Waals surface area contributed by atoms with Crippen LogP contribution in [0.1, 0.15) is 24.4 Å². The molecule has 3 nitrogen and oxygen atoms in total. The molecular formula is C12H15FN2O. The maximum atomic E-state index is 13.1. The highest BCUT2D eigenvalue weighted by Gasteiger charge is 2.42. The predicted molar refractivity (Wildman–Crippen MR) is 58.8 cm³/mol. The number of halogens is 1. The van der Waals surface area contributed by atoms with E-state index in [0.29, 0.717) is 0 Å². The minimum Gasteiger partial charge on any atom is -0.485 e. The van der Waals surface area contributed by atoms with Crippen LogP contribution in [0.4, 0.5) is 4.39 Å². The van der Waals surface area contributed by atoms with Gasteiger partial charge in [-0.05, 0) is 24.7 Å². The Morgan fingerprint density at radius 3 is 3.12 bits per heavy atom. The number of fused-ring (bicyclic) bond motifs is 1. The lowest BCUT2D eigenvalue weighted by Crippen LogP contribution is -2.44. The van der Waals surface area contributed by atoms with Gasteiger partial charge in [0.1, 0.15) is 17.2 Å². The summed E-state index contributed by atoms with van der Waals surface area (Å²) in [6.45, 7) is 1.79. The van der Waals surface area contributed by atoms with Crippen molar-refractivity contribution in [2.45, 2.75) is 24.5 Å². The third kappa shape index (κ3) is 1.49. The molecule has 2 atom stereocenters. The third-order valence-electron chi connectivity index (χ3n) is 3.49. The molecule has 3 rings (SSSR count). The Kier molecular flexibility index (Phi) is 2.16. The summed E-state index contributed by atoms with van der Waals surface area (Å²) < 4.78 is 19.1. The molecule has 2 aliphatic rings. The summed E-state index contributed by atoms with van der Waals surface area (Å²) in [6.07, 6.45) is 1.73. The second-order valence-electron chi connectivity index (χ2n) is 4.70. The highest BCUT2D eigenvalue weighted by Crippen LogP contribution is 2.41. The van der Waals surface area contributed by atoms with Crippen molar-refractivity contribution in [2.24, 2.45) is 5.73 Å². The van der Waals surface area contributed by atoms with Crippen LogP contribution >= 0.6 is 0 Å². The number of ether oxygens (including phenoxy) is 1. The van der Waals surface area contributed by atoms with Gasteiger partial charge in [0, 0.05) is 31.0 Å². The summed E-state index contributed by atoms with van der Waals surface area (Å²) in [5.41, 5.74) is 6.71. The van der Waals surface area contributed by atoms with Crippen LogP contribution in [0.15, 0.2) is 18.2 Å². The third-order valence-corrected chi connectivity index (χ3v) is 3.49. The molecule has 0 bridgehead atoms. The fourth-order valence-electron chi connectivity index (χ4n) is 2.67. The molecule has 2 unspecified atom stereocenters. The van der Waals surface area contributed by atoms with E-state index in [1.165, 1.54) is 12.1 Å². The zero-order valence-corrected chi connectivity index (χ0v) is 9.00. The fourth-order valence-corrected chi connectivity index (χ4v) is 2.67. The van der Waals surface area contributed by atoms with Gasteiger partial charge in [0.05, 0.1) is 0 Å². The van der Waals surface area contributed by atoms with Gasteiger partial charge in [0.25, 0.3) is 0 Å². The van der Waals surface area contributed by atoms with E-state index in [-0.39, 0.29) is 17.5 Å². The quantitative estimate of drug-likeness (QED) is 0.696. The Bertz CT molecular complexity index is 415. The van der Waals surface area contributed by atoms with Crippen molar-refractivity contribution in [3.63, 3.8) is 0 Å². The van der Waals surface area contributed by atoms with Crippen molar-refractivity contribution in [1.82, 2.24) is 5.32 Å². The van der Waals surface area contributed by atoms with Crippen LogP contribution in [0.5, 0.6) is 5.75 Å². The lowest BCUT2D eigenvalue weighted by molar-refractivity contribution is 0.0551. The highest BCUT2D eigenvalue weighted by molar-refractivity contribution is 5.39. The van der Waals surface area contributed by atoms with Crippen molar-refractivity contribution in [3.8, 4) is 5.75 Å². The average molecular weight is 222 g/mol. The molecule has 0 aliphatic carbocycles. The smallest absolute Gasteiger partial charge is 0.125 e. The van der Waals surface area contributed by atoms with E-state index in [0.717, 1.165) is 37.2 Å². The molecule has 86 valence electrons. The molecule has 0 amide bonds. The van der Waals surface area contributed by atoms with Crippen molar-refractivity contribution in [1.29, 1.82) is 0 Å². The van der Waals surface area contributed by atoms with Crippen molar-refractivity contribution < 1.29 is 9.13 Å². The lowest BCUT2D eigenvalue weighted by Gasteiger charge is -2.38. The van der Waals surface area contributed by atoms with Crippen LogP contribution in [0.25, 0.3) is 0 Å². The topological polar surface area (TPSA) is 47.3 Å². The standard InChI is InChI=1S/C12H15FN2O/c13-8-1-2-11-9(5-8)10(14)6-12(16-11)3-4-15-7-12/h1-2,5,10,15H,3-4,6-7,14H2. The zero-order valence-electron chi connectivity index (χ0n) is 9.00. The van der Waals surface area contributed by atoms with Gasteiger partial charge in [-0.1, -0.05) is 0 Å². The molecule has 1 spiro atoms. The molecule has 0 aromatic heterocycles. The normalized spacial score (nSPS) is 32.5. The van der Waals surface area contributed by atoms with Gasteiger partial charge in [0.2, 0.25) is 0 Å². The molecule has 0 saturated carbocycles. The van der Waals surface area contributed by atoms with E-state index in [1.54, 1.807) is 6.07 Å². The van der Waals surface area contributed by atoms with Gasteiger partial charge in [0.15, 0.2) is 0 Å². The van der Waals surface area contributed by atoms with Crippen molar-refractivity contribution in [3.05, 3.63) is 29.6 Å². The summed E-state index contributed by atoms with van der Waals surface area (Å²) in [4.78, 5) is 0. The minimum absolute atomic E-state index is 0.126. The van der Waals surface area contributed by atoms with Gasteiger partial charge in [-0.2, -0.15) is 0 Å². The van der Waals surface area contributed by atoms with Crippen molar-refractivity contribution >= 4 is 0 Å². The van der Waals surface area contributed by atoms with Crippen LogP contribution in [-0.4, -0.2) is 18.7 Å². The Balaban J connectivity index is 1.99. The number of rotatable bonds is 0. The molecule has 1 aromatic rings. The first-order valence-electron chi connectivity index (χ1n) is 5.63. The van der Waals surface area contributed by atoms with E-state index in [9.17, 15) is 4.39 Å². The van der Waals surface area contributed by atoms with Gasteiger partial charge in [-0.15, -0.1) is 0 Å². The van der Waals surface area contributed by atoms with E-state index in [4.69, 9.17) is 10.5 Å². The second-order valence-corrected chi connectivity index (χ2v) is 4.70. The molecule has 1 aromatic carbocycles. The van der Waals surface area contributed by atoms with Gasteiger partial charge in [-0.3, -0.25) is 0 Å². The summed E-state index contributed by atoms with van der Waals surface area (Å²) in [5, 5.41) is 3.29. The number of benzene rings is 1. The van der Waals surface area contributed by atoms with E-state index < -0.39 is 0 Å². The van der Waals surface area contributed by atoms with E-state index in [1.807, 2.05) is 0 Å². The predicted octanol–water partition coefficient (Wildman–Crippen LogP) is 1.34. The zero-order chi connectivity index (χ0) is 11.2. The maximum Gasteiger partial charge on any atom is 0.125 e. The molecule has 0 radical (unpaired) electrons. The Morgan fingerprint density at radius 1 is 1.50 bits per heavy atom. The van der Waals surface area contributed by atoms with Gasteiger partial charge < -0.3 is 15.8 Å². The molecular weight excluding hydrogens is 207 g/mol. The number of nitrogens with one attached hydrogen (secondary N) is 1. The minimum atomic E-state index is -0.252. The molecule has 2 aliphatic heterocycles. The van der Waals surface area contributed by atoms with Crippen molar-refractivity contribution in [2.75, 3.05) is 13.1 Å². The fraction of sp³-hybridized carbons (Fsp3) is 0.500. The summed E-state index contributed by atoms with van der Waals surface area (Å²) in [5.74, 6) is 0.488. The van der Waals surface area contributed by atoms with Gasteiger partial charge in [-0.25, -0.2) is 4.39 Å². The van der Waals surface area contributed by atoms with Crippen LogP contribution in [0, 0.1) is 5.82 Å². The first kappa shape index (κ1) is 10.1. The van der Waals surface area contributed by atoms with Crippen LogP contribution in [0.3, 0.4) is 0 Å². The Hall–Kier alpha value is -1.13. The monoisotopic (exact) mass is 222 g/mol. The van der Waals surface area contributed by atoms with Gasteiger partial charge >= 0.3 is 0 Å². The molecule has 1 saturated heterocycles. The molecule has 4 heteroatoms. The van der Waals surface area contributed by atoms with Crippen LogP contribution in [0.2, 0.25) is 0 Å². The lowest BCUT2D eigenvalue weighted by atomic mass is 9.87. The number of hydrogen-bond acceptors (Lipinski definition) is 3. The largest absolute Gasteiger partial charge is 0.485 e. The molecule has 3 N–H and O–H groups in total. The SMILES string of the molecule is NC1CC2(CCNC2)Oc2ccc(F)cc21. The average Bonchev–Trinajstić information content (AvgIpc) is 2.68. The summed E-state index contributed by atoms with van der Waals surface area (Å²) in [6, 6.07) is 4.46. The molecule has 2 heterocycles. The van der Waals surface area contributed by atoms with E-state index in [2.05, 4.69) is 5.32 Å². The first-order valence-corrected chi connectivity index (χ1v) is 5.63. The highest BCUT2D eigenvalue weighted by atomic mass is 19.1. The van der Waals surface area contributed by atoms with Crippen LogP contribution < -0.4 is 15.8 Å². The number of hydrogen-bond donors (Lipinski definition) is 2. The molecule has 1 fully saturated rings. The summed E-state index contributed by atoms with van der Waals surface area (Å²) in [7, 11) is 0.